The van der Waals surface area contributed by atoms with Crippen LogP contribution in [0.5, 0.6) is 5.75 Å². The number of nitrogens with one attached hydrogen (secondary N) is 1. The molecule has 166 valence electrons. The van der Waals surface area contributed by atoms with E-state index in [4.69, 9.17) is 4.74 Å². The van der Waals surface area contributed by atoms with Gasteiger partial charge in [-0.1, -0.05) is 54.6 Å². The summed E-state index contributed by atoms with van der Waals surface area (Å²) in [6.45, 7) is 0.487. The predicted molar refractivity (Wildman–Crippen MR) is 121 cm³/mol. The third-order valence-electron chi connectivity index (χ3n) is 5.16. The van der Waals surface area contributed by atoms with Gasteiger partial charge >= 0.3 is 6.03 Å². The van der Waals surface area contributed by atoms with Crippen molar-refractivity contribution < 1.29 is 23.5 Å². The van der Waals surface area contributed by atoms with E-state index in [-0.39, 0.29) is 17.9 Å². The van der Waals surface area contributed by atoms with Crippen LogP contribution < -0.4 is 10.1 Å². The highest BCUT2D eigenvalue weighted by Gasteiger charge is 2.35. The monoisotopic (exact) mass is 444 g/mol. The minimum absolute atomic E-state index is 0.0627. The van der Waals surface area contributed by atoms with Crippen molar-refractivity contribution >= 4 is 23.9 Å². The van der Waals surface area contributed by atoms with Gasteiger partial charge in [0.1, 0.15) is 23.7 Å². The second-order valence-corrected chi connectivity index (χ2v) is 7.49. The second kappa shape index (κ2) is 9.91. The summed E-state index contributed by atoms with van der Waals surface area (Å²) in [5.74, 6) is -1.13. The minimum Gasteiger partial charge on any atom is -0.489 e. The molecule has 0 bridgehead atoms. The van der Waals surface area contributed by atoms with Gasteiger partial charge in [0.2, 0.25) is 0 Å². The Kier molecular flexibility index (Phi) is 6.59. The van der Waals surface area contributed by atoms with Crippen molar-refractivity contribution in [2.45, 2.75) is 13.0 Å². The van der Waals surface area contributed by atoms with Crippen LogP contribution in [0.2, 0.25) is 0 Å². The molecule has 4 rings (SSSR count). The van der Waals surface area contributed by atoms with Crippen LogP contribution in [-0.2, 0) is 22.6 Å². The first kappa shape index (κ1) is 22.0. The summed E-state index contributed by atoms with van der Waals surface area (Å²) in [4.78, 5) is 38.3. The average molecular weight is 444 g/mol. The number of hydrogen-bond donors (Lipinski definition) is 1. The van der Waals surface area contributed by atoms with Gasteiger partial charge in [-0.2, -0.15) is 0 Å². The summed E-state index contributed by atoms with van der Waals surface area (Å²) in [5, 5.41) is 2.20. The van der Waals surface area contributed by atoms with Gasteiger partial charge in [-0.05, 0) is 53.5 Å². The van der Waals surface area contributed by atoms with Crippen molar-refractivity contribution in [3.8, 4) is 5.75 Å². The molecule has 3 aromatic carbocycles. The molecule has 0 unspecified atom stereocenters. The lowest BCUT2D eigenvalue weighted by molar-refractivity contribution is -0.130. The predicted octanol–water partition coefficient (Wildman–Crippen LogP) is 4.11. The Hall–Kier alpha value is -4.26. The number of ether oxygens (including phenoxy) is 1. The Bertz CT molecular complexity index is 1190. The number of rotatable bonds is 7. The van der Waals surface area contributed by atoms with Crippen molar-refractivity contribution in [2.75, 3.05) is 6.54 Å². The van der Waals surface area contributed by atoms with Gasteiger partial charge in [0.05, 0.1) is 0 Å². The van der Waals surface area contributed by atoms with Crippen molar-refractivity contribution in [1.82, 2.24) is 10.2 Å². The number of urea groups is 1. The zero-order valence-electron chi connectivity index (χ0n) is 17.7. The molecule has 33 heavy (non-hydrogen) atoms. The largest absolute Gasteiger partial charge is 0.489 e. The summed E-state index contributed by atoms with van der Waals surface area (Å²) in [5.41, 5.74) is 2.30. The highest BCUT2D eigenvalue weighted by molar-refractivity contribution is 6.31. The number of carbonyl (C=O) groups is 3. The molecule has 1 heterocycles. The Balaban J connectivity index is 1.43. The lowest BCUT2D eigenvalue weighted by Gasteiger charge is -2.26. The highest BCUT2D eigenvalue weighted by Crippen LogP contribution is 2.19. The van der Waals surface area contributed by atoms with Gasteiger partial charge in [-0.25, -0.2) is 9.18 Å². The first-order valence-electron chi connectivity index (χ1n) is 10.4. The Morgan fingerprint density at radius 3 is 2.24 bits per heavy atom. The van der Waals surface area contributed by atoms with Gasteiger partial charge in [0.15, 0.2) is 0 Å². The number of barbiturate groups is 1. The van der Waals surface area contributed by atoms with E-state index in [0.717, 1.165) is 16.0 Å². The molecule has 0 aromatic heterocycles. The molecule has 0 atom stereocenters. The topological polar surface area (TPSA) is 75.7 Å². The van der Waals surface area contributed by atoms with E-state index < -0.39 is 17.8 Å². The van der Waals surface area contributed by atoms with Gasteiger partial charge in [0.25, 0.3) is 11.8 Å². The molecule has 0 aliphatic carbocycles. The van der Waals surface area contributed by atoms with E-state index in [2.05, 4.69) is 5.32 Å². The van der Waals surface area contributed by atoms with Crippen LogP contribution in [0.1, 0.15) is 16.7 Å². The lowest BCUT2D eigenvalue weighted by Crippen LogP contribution is -2.54. The summed E-state index contributed by atoms with van der Waals surface area (Å²) >= 11 is 0. The van der Waals surface area contributed by atoms with Crippen LogP contribution in [0.25, 0.3) is 6.08 Å². The zero-order valence-corrected chi connectivity index (χ0v) is 17.7. The average Bonchev–Trinajstić information content (AvgIpc) is 2.83. The maximum atomic E-state index is 13.1. The maximum Gasteiger partial charge on any atom is 0.331 e. The van der Waals surface area contributed by atoms with Gasteiger partial charge in [-0.3, -0.25) is 19.8 Å². The fourth-order valence-corrected chi connectivity index (χ4v) is 3.36. The van der Waals surface area contributed by atoms with Crippen molar-refractivity contribution in [3.05, 3.63) is 107 Å². The zero-order chi connectivity index (χ0) is 23.2. The number of imide groups is 2. The molecule has 0 radical (unpaired) electrons. The molecule has 0 saturated carbocycles. The number of benzene rings is 3. The van der Waals surface area contributed by atoms with Gasteiger partial charge < -0.3 is 4.74 Å². The van der Waals surface area contributed by atoms with Crippen molar-refractivity contribution in [2.24, 2.45) is 0 Å². The van der Waals surface area contributed by atoms with Crippen LogP contribution >= 0.6 is 0 Å². The number of amides is 4. The molecule has 1 fully saturated rings. The van der Waals surface area contributed by atoms with Crippen molar-refractivity contribution in [1.29, 1.82) is 0 Å². The maximum absolute atomic E-state index is 13.1. The molecule has 1 aliphatic rings. The molecule has 1 saturated heterocycles. The van der Waals surface area contributed by atoms with E-state index in [9.17, 15) is 18.8 Å². The van der Waals surface area contributed by atoms with E-state index in [1.165, 1.54) is 18.2 Å². The third kappa shape index (κ3) is 5.51. The van der Waals surface area contributed by atoms with E-state index in [1.54, 1.807) is 36.4 Å². The summed E-state index contributed by atoms with van der Waals surface area (Å²) in [6, 6.07) is 21.7. The molecule has 1 aliphatic heterocycles. The van der Waals surface area contributed by atoms with Crippen LogP contribution in [0.3, 0.4) is 0 Å². The Morgan fingerprint density at radius 1 is 0.848 bits per heavy atom. The Labute approximate surface area is 190 Å². The fraction of sp³-hybridized carbons (Fsp3) is 0.115. The van der Waals surface area contributed by atoms with E-state index >= 15 is 0 Å². The van der Waals surface area contributed by atoms with E-state index in [1.807, 2.05) is 30.3 Å². The molecule has 7 heteroatoms. The van der Waals surface area contributed by atoms with Crippen molar-refractivity contribution in [3.63, 3.8) is 0 Å². The second-order valence-electron chi connectivity index (χ2n) is 7.49. The molecule has 3 aromatic rings. The van der Waals surface area contributed by atoms with Gasteiger partial charge in [-0.15, -0.1) is 0 Å². The lowest BCUT2D eigenvalue weighted by atomic mass is 10.1. The Morgan fingerprint density at radius 2 is 1.55 bits per heavy atom. The normalized spacial score (nSPS) is 15.0. The molecular formula is C26H21FN2O4. The first-order valence-corrected chi connectivity index (χ1v) is 10.4. The first-order chi connectivity index (χ1) is 16.0. The number of nitrogens with zero attached hydrogens (tertiary/aromatic N) is 1. The number of hydrogen-bond acceptors (Lipinski definition) is 4. The van der Waals surface area contributed by atoms with Gasteiger partial charge in [0, 0.05) is 6.54 Å². The smallest absolute Gasteiger partial charge is 0.331 e. The third-order valence-corrected chi connectivity index (χ3v) is 5.16. The highest BCUT2D eigenvalue weighted by atomic mass is 19.1. The SMILES string of the molecule is O=C1NC(=O)N(CCc2ccc(F)cc2)C(=O)C1=Cc1ccc(OCc2ccccc2)cc1. The number of carbonyl (C=O) groups excluding carboxylic acids is 3. The van der Waals surface area contributed by atoms with Crippen LogP contribution in [0.15, 0.2) is 84.4 Å². The molecular weight excluding hydrogens is 423 g/mol. The summed E-state index contributed by atoms with van der Waals surface area (Å²) in [6.07, 6.45) is 1.78. The molecule has 1 N–H and O–H groups in total. The standard InChI is InChI=1S/C26H21FN2O4/c27-21-10-6-18(7-11-21)14-15-29-25(31)23(24(30)28-26(29)32)16-19-8-12-22(13-9-19)33-17-20-4-2-1-3-5-20/h1-13,16H,14-15,17H2,(H,28,30,32). The van der Waals surface area contributed by atoms with E-state index in [0.29, 0.717) is 24.3 Å². The molecule has 6 nitrogen and oxygen atoms in total. The van der Waals surface area contributed by atoms with Crippen LogP contribution in [0, 0.1) is 5.82 Å². The summed E-state index contributed by atoms with van der Waals surface area (Å²) in [7, 11) is 0. The fourth-order valence-electron chi connectivity index (χ4n) is 3.36. The minimum atomic E-state index is -0.770. The summed E-state index contributed by atoms with van der Waals surface area (Å²) < 4.78 is 18.8. The van der Waals surface area contributed by atoms with Crippen LogP contribution in [-0.4, -0.2) is 29.3 Å². The quantitative estimate of drug-likeness (QED) is 0.440. The molecule has 4 amide bonds. The molecule has 0 spiro atoms. The number of halogens is 1. The van der Waals surface area contributed by atoms with Crippen LogP contribution in [0.4, 0.5) is 9.18 Å².